The standard InChI is InChI=1S/C7H10N2O3/c8-2-5-1-6(4-10)9(3-5)7(11)12/h5-6,10H,1,3-4H2,(H,11,12). The molecular formula is C7H10N2O3. The molecule has 0 bridgehead atoms. The minimum absolute atomic E-state index is 0.204. The Labute approximate surface area is 69.8 Å². The topological polar surface area (TPSA) is 84.6 Å². The van der Waals surface area contributed by atoms with Crippen LogP contribution in [0, 0.1) is 17.2 Å². The van der Waals surface area contributed by atoms with E-state index in [1.165, 1.54) is 0 Å². The number of amides is 1. The summed E-state index contributed by atoms with van der Waals surface area (Å²) >= 11 is 0. The molecular weight excluding hydrogens is 160 g/mol. The van der Waals surface area contributed by atoms with Crippen molar-refractivity contribution in [3.05, 3.63) is 0 Å². The van der Waals surface area contributed by atoms with Gasteiger partial charge in [0.25, 0.3) is 0 Å². The highest BCUT2D eigenvalue weighted by Gasteiger charge is 2.34. The number of carbonyl (C=O) groups is 1. The molecule has 0 radical (unpaired) electrons. The first-order chi connectivity index (χ1) is 5.69. The molecule has 0 saturated carbocycles. The summed E-state index contributed by atoms with van der Waals surface area (Å²) in [7, 11) is 0. The molecule has 1 aliphatic rings. The van der Waals surface area contributed by atoms with Gasteiger partial charge in [0.15, 0.2) is 0 Å². The van der Waals surface area contributed by atoms with Crippen molar-refractivity contribution >= 4 is 6.09 Å². The molecule has 5 heteroatoms. The van der Waals surface area contributed by atoms with Crippen LogP contribution in [-0.4, -0.2) is 40.4 Å². The highest BCUT2D eigenvalue weighted by molar-refractivity contribution is 5.66. The first-order valence-corrected chi connectivity index (χ1v) is 3.69. The van der Waals surface area contributed by atoms with E-state index in [0.29, 0.717) is 6.42 Å². The lowest BCUT2D eigenvalue weighted by atomic mass is 10.1. The first-order valence-electron chi connectivity index (χ1n) is 3.69. The number of carboxylic acid groups (broad SMARTS) is 1. The van der Waals surface area contributed by atoms with Gasteiger partial charge in [0.1, 0.15) is 0 Å². The van der Waals surface area contributed by atoms with Gasteiger partial charge in [-0.15, -0.1) is 0 Å². The molecule has 0 aromatic carbocycles. The molecule has 1 heterocycles. The van der Waals surface area contributed by atoms with E-state index >= 15 is 0 Å². The van der Waals surface area contributed by atoms with Crippen LogP contribution in [0.4, 0.5) is 4.79 Å². The highest BCUT2D eigenvalue weighted by atomic mass is 16.4. The van der Waals surface area contributed by atoms with Crippen LogP contribution in [0.15, 0.2) is 0 Å². The zero-order valence-electron chi connectivity index (χ0n) is 6.47. The summed E-state index contributed by atoms with van der Waals surface area (Å²) in [6.07, 6.45) is -0.619. The van der Waals surface area contributed by atoms with Gasteiger partial charge < -0.3 is 15.1 Å². The van der Waals surface area contributed by atoms with Crippen molar-refractivity contribution in [1.29, 1.82) is 5.26 Å². The summed E-state index contributed by atoms with van der Waals surface area (Å²) in [6, 6.07) is 1.60. The van der Waals surface area contributed by atoms with E-state index in [2.05, 4.69) is 0 Å². The van der Waals surface area contributed by atoms with Crippen molar-refractivity contribution in [3.63, 3.8) is 0 Å². The average Bonchev–Trinajstić information content (AvgIpc) is 2.47. The Kier molecular flexibility index (Phi) is 2.51. The summed E-state index contributed by atoms with van der Waals surface area (Å²) in [5.74, 6) is -0.266. The molecule has 2 N–H and O–H groups in total. The number of hydrogen-bond donors (Lipinski definition) is 2. The summed E-state index contributed by atoms with van der Waals surface area (Å²) in [6.45, 7) is 0.0154. The maximum absolute atomic E-state index is 10.5. The van der Waals surface area contributed by atoms with Crippen molar-refractivity contribution in [2.45, 2.75) is 12.5 Å². The van der Waals surface area contributed by atoms with Gasteiger partial charge in [-0.1, -0.05) is 0 Å². The van der Waals surface area contributed by atoms with Gasteiger partial charge >= 0.3 is 6.09 Å². The van der Waals surface area contributed by atoms with Crippen LogP contribution in [-0.2, 0) is 0 Å². The third-order valence-corrected chi connectivity index (χ3v) is 2.05. The minimum atomic E-state index is -1.06. The van der Waals surface area contributed by atoms with Gasteiger partial charge in [-0.2, -0.15) is 5.26 Å². The zero-order valence-corrected chi connectivity index (χ0v) is 6.47. The third-order valence-electron chi connectivity index (χ3n) is 2.05. The van der Waals surface area contributed by atoms with Gasteiger partial charge in [-0.3, -0.25) is 0 Å². The van der Waals surface area contributed by atoms with E-state index < -0.39 is 12.1 Å². The summed E-state index contributed by atoms with van der Waals surface area (Å²) in [5, 5.41) is 25.9. The van der Waals surface area contributed by atoms with Crippen LogP contribution in [0.5, 0.6) is 0 Å². The number of aliphatic hydroxyl groups is 1. The molecule has 5 nitrogen and oxygen atoms in total. The molecule has 1 fully saturated rings. The Balaban J connectivity index is 2.64. The SMILES string of the molecule is N#CC1CC(CO)N(C(=O)O)C1. The van der Waals surface area contributed by atoms with Crippen LogP contribution in [0.25, 0.3) is 0 Å². The maximum Gasteiger partial charge on any atom is 0.407 e. The van der Waals surface area contributed by atoms with Gasteiger partial charge in [0.2, 0.25) is 0 Å². The highest BCUT2D eigenvalue weighted by Crippen LogP contribution is 2.21. The molecule has 1 aliphatic heterocycles. The molecule has 12 heavy (non-hydrogen) atoms. The number of nitrogens with zero attached hydrogens (tertiary/aromatic N) is 2. The largest absolute Gasteiger partial charge is 0.465 e. The molecule has 2 unspecified atom stereocenters. The predicted octanol–water partition coefficient (Wildman–Crippen LogP) is -0.129. The lowest BCUT2D eigenvalue weighted by Gasteiger charge is -2.18. The van der Waals surface area contributed by atoms with Crippen molar-refractivity contribution < 1.29 is 15.0 Å². The Morgan fingerprint density at radius 1 is 1.75 bits per heavy atom. The van der Waals surface area contributed by atoms with E-state index in [9.17, 15) is 4.79 Å². The van der Waals surface area contributed by atoms with Crippen molar-refractivity contribution in [1.82, 2.24) is 4.90 Å². The summed E-state index contributed by atoms with van der Waals surface area (Å²) in [4.78, 5) is 11.7. The quantitative estimate of drug-likeness (QED) is 0.574. The maximum atomic E-state index is 10.5. The Morgan fingerprint density at radius 3 is 2.75 bits per heavy atom. The van der Waals surface area contributed by atoms with E-state index in [1.54, 1.807) is 0 Å². The lowest BCUT2D eigenvalue weighted by molar-refractivity contribution is 0.118. The Bertz CT molecular complexity index is 223. The number of aliphatic hydroxyl groups excluding tert-OH is 1. The fourth-order valence-electron chi connectivity index (χ4n) is 1.42. The minimum Gasteiger partial charge on any atom is -0.465 e. The average molecular weight is 170 g/mol. The normalized spacial score (nSPS) is 28.5. The second kappa shape index (κ2) is 3.41. The predicted molar refractivity (Wildman–Crippen MR) is 39.3 cm³/mol. The van der Waals surface area contributed by atoms with E-state index in [0.717, 1.165) is 4.90 Å². The second-order valence-electron chi connectivity index (χ2n) is 2.83. The van der Waals surface area contributed by atoms with E-state index in [1.807, 2.05) is 6.07 Å². The van der Waals surface area contributed by atoms with Crippen molar-refractivity contribution in [2.75, 3.05) is 13.2 Å². The molecule has 0 aromatic heterocycles. The van der Waals surface area contributed by atoms with Crippen LogP contribution in [0.3, 0.4) is 0 Å². The van der Waals surface area contributed by atoms with Gasteiger partial charge in [-0.25, -0.2) is 4.79 Å². The van der Waals surface area contributed by atoms with Crippen molar-refractivity contribution in [2.24, 2.45) is 5.92 Å². The van der Waals surface area contributed by atoms with Gasteiger partial charge in [-0.05, 0) is 6.42 Å². The third kappa shape index (κ3) is 1.48. The van der Waals surface area contributed by atoms with Crippen LogP contribution < -0.4 is 0 Å². The molecule has 66 valence electrons. The number of rotatable bonds is 1. The molecule has 1 rings (SSSR count). The molecule has 0 aliphatic carbocycles. The molecule has 1 saturated heterocycles. The summed E-state index contributed by atoms with van der Waals surface area (Å²) in [5.41, 5.74) is 0. The molecule has 0 aromatic rings. The lowest BCUT2D eigenvalue weighted by Crippen LogP contribution is -2.36. The summed E-state index contributed by atoms with van der Waals surface area (Å²) < 4.78 is 0. The van der Waals surface area contributed by atoms with E-state index in [4.69, 9.17) is 15.5 Å². The van der Waals surface area contributed by atoms with Crippen LogP contribution in [0.2, 0.25) is 0 Å². The molecule has 1 amide bonds. The molecule has 2 atom stereocenters. The zero-order chi connectivity index (χ0) is 9.14. The fraction of sp³-hybridized carbons (Fsp3) is 0.714. The smallest absolute Gasteiger partial charge is 0.407 e. The fourth-order valence-corrected chi connectivity index (χ4v) is 1.42. The number of likely N-dealkylation sites (tertiary alicyclic amines) is 1. The van der Waals surface area contributed by atoms with Crippen LogP contribution in [0.1, 0.15) is 6.42 Å². The monoisotopic (exact) mass is 170 g/mol. The first kappa shape index (κ1) is 8.81. The van der Waals surface area contributed by atoms with Gasteiger partial charge in [0, 0.05) is 6.54 Å². The van der Waals surface area contributed by atoms with Crippen LogP contribution >= 0.6 is 0 Å². The molecule has 0 spiro atoms. The van der Waals surface area contributed by atoms with E-state index in [-0.39, 0.29) is 19.1 Å². The number of hydrogen-bond acceptors (Lipinski definition) is 3. The Hall–Kier alpha value is -1.28. The number of nitriles is 1. The van der Waals surface area contributed by atoms with Gasteiger partial charge in [0.05, 0.1) is 24.6 Å². The van der Waals surface area contributed by atoms with Crippen molar-refractivity contribution in [3.8, 4) is 6.07 Å². The second-order valence-corrected chi connectivity index (χ2v) is 2.83. The Morgan fingerprint density at radius 2 is 2.42 bits per heavy atom.